The van der Waals surface area contributed by atoms with E-state index in [0.29, 0.717) is 19.0 Å². The second-order valence-electron chi connectivity index (χ2n) is 5.55. The zero-order valence-corrected chi connectivity index (χ0v) is 13.7. The molecule has 2 N–H and O–H groups in total. The van der Waals surface area contributed by atoms with E-state index in [1.807, 2.05) is 46.7 Å². The maximum atomic E-state index is 11.8. The van der Waals surface area contributed by atoms with Crippen molar-refractivity contribution in [1.82, 2.24) is 9.97 Å². The van der Waals surface area contributed by atoms with Crippen LogP contribution in [-0.2, 0) is 9.53 Å². The van der Waals surface area contributed by atoms with E-state index in [0.717, 1.165) is 21.6 Å². The van der Waals surface area contributed by atoms with Gasteiger partial charge >= 0.3 is 0 Å². The molecule has 1 amide bonds. The Balaban J connectivity index is 1.91. The number of primary amides is 1. The van der Waals surface area contributed by atoms with Crippen LogP contribution in [-0.4, -0.2) is 41.7 Å². The second-order valence-corrected chi connectivity index (χ2v) is 6.50. The van der Waals surface area contributed by atoms with Crippen LogP contribution >= 0.6 is 11.3 Å². The molecule has 7 heteroatoms. The Kier molecular flexibility index (Phi) is 3.87. The summed E-state index contributed by atoms with van der Waals surface area (Å²) in [6.07, 6.45) is 0. The van der Waals surface area contributed by atoms with Crippen molar-refractivity contribution in [3.05, 3.63) is 41.8 Å². The molecule has 0 saturated carbocycles. The van der Waals surface area contributed by atoms with Crippen LogP contribution in [0.1, 0.15) is 0 Å². The van der Waals surface area contributed by atoms with Gasteiger partial charge < -0.3 is 15.4 Å². The predicted octanol–water partition coefficient (Wildman–Crippen LogP) is 2.05. The summed E-state index contributed by atoms with van der Waals surface area (Å²) in [4.78, 5) is 24.2. The summed E-state index contributed by atoms with van der Waals surface area (Å²) < 4.78 is 5.43. The molecule has 0 bridgehead atoms. The molecule has 2 aromatic heterocycles. The number of rotatable bonds is 3. The molecule has 1 aliphatic heterocycles. The van der Waals surface area contributed by atoms with Gasteiger partial charge in [0.05, 0.1) is 23.6 Å². The maximum absolute atomic E-state index is 11.8. The van der Waals surface area contributed by atoms with E-state index in [2.05, 4.69) is 4.98 Å². The Labute approximate surface area is 142 Å². The summed E-state index contributed by atoms with van der Waals surface area (Å²) in [5.41, 5.74) is 6.42. The molecule has 1 aromatic carbocycles. The molecule has 1 saturated heterocycles. The van der Waals surface area contributed by atoms with Crippen LogP contribution in [0.5, 0.6) is 0 Å². The summed E-state index contributed by atoms with van der Waals surface area (Å²) in [7, 11) is 0. The van der Waals surface area contributed by atoms with E-state index < -0.39 is 11.9 Å². The zero-order valence-electron chi connectivity index (χ0n) is 12.9. The van der Waals surface area contributed by atoms with Gasteiger partial charge in [-0.2, -0.15) is 0 Å². The third kappa shape index (κ3) is 2.61. The first kappa shape index (κ1) is 15.0. The van der Waals surface area contributed by atoms with Crippen LogP contribution in [0.2, 0.25) is 0 Å². The molecule has 0 spiro atoms. The van der Waals surface area contributed by atoms with Gasteiger partial charge in [-0.3, -0.25) is 4.79 Å². The van der Waals surface area contributed by atoms with Crippen molar-refractivity contribution in [1.29, 1.82) is 0 Å². The van der Waals surface area contributed by atoms with Crippen molar-refractivity contribution in [2.45, 2.75) is 6.04 Å². The standard InChI is InChI=1S/C17H16N4O2S/c18-15(22)13-10-23-8-7-21(13)17-11-4-1-2-5-12(11)19-16(20-17)14-6-3-9-24-14/h1-6,9,13H,7-8,10H2,(H2,18,22)/t13-/m1/s1. The number of carbonyl (C=O) groups is 1. The van der Waals surface area contributed by atoms with Gasteiger partial charge in [-0.1, -0.05) is 18.2 Å². The minimum absolute atomic E-state index is 0.280. The van der Waals surface area contributed by atoms with Gasteiger partial charge in [0, 0.05) is 11.9 Å². The monoisotopic (exact) mass is 340 g/mol. The van der Waals surface area contributed by atoms with Gasteiger partial charge in [0.2, 0.25) is 5.91 Å². The van der Waals surface area contributed by atoms with Gasteiger partial charge in [0.25, 0.3) is 0 Å². The van der Waals surface area contributed by atoms with Crippen molar-refractivity contribution >= 4 is 34.0 Å². The van der Waals surface area contributed by atoms with Crippen molar-refractivity contribution in [3.63, 3.8) is 0 Å². The zero-order chi connectivity index (χ0) is 16.5. The third-order valence-corrected chi connectivity index (χ3v) is 4.92. The molecule has 0 unspecified atom stereocenters. The lowest BCUT2D eigenvalue weighted by Crippen LogP contribution is -2.53. The highest BCUT2D eigenvalue weighted by Gasteiger charge is 2.30. The number of ether oxygens (including phenoxy) is 1. The molecule has 4 rings (SSSR count). The molecule has 1 fully saturated rings. The summed E-state index contributed by atoms with van der Waals surface area (Å²) >= 11 is 1.59. The number of hydrogen-bond donors (Lipinski definition) is 1. The lowest BCUT2D eigenvalue weighted by molar-refractivity contribution is -0.121. The van der Waals surface area contributed by atoms with Crippen LogP contribution in [0.3, 0.4) is 0 Å². The number of carbonyl (C=O) groups excluding carboxylic acids is 1. The molecule has 3 heterocycles. The number of thiophene rings is 1. The number of hydrogen-bond acceptors (Lipinski definition) is 6. The van der Waals surface area contributed by atoms with Crippen LogP contribution in [0.4, 0.5) is 5.82 Å². The molecule has 1 atom stereocenters. The lowest BCUT2D eigenvalue weighted by Gasteiger charge is -2.35. The van der Waals surface area contributed by atoms with Gasteiger partial charge in [-0.15, -0.1) is 11.3 Å². The van der Waals surface area contributed by atoms with Crippen molar-refractivity contribution < 1.29 is 9.53 Å². The summed E-state index contributed by atoms with van der Waals surface area (Å²) in [5, 5.41) is 2.90. The number of morpholine rings is 1. The van der Waals surface area contributed by atoms with Crippen LogP contribution in [0.25, 0.3) is 21.6 Å². The summed E-state index contributed by atoms with van der Waals surface area (Å²) in [6, 6.07) is 11.3. The lowest BCUT2D eigenvalue weighted by atomic mass is 10.1. The van der Waals surface area contributed by atoms with Gasteiger partial charge in [0.15, 0.2) is 5.82 Å². The number of benzene rings is 1. The largest absolute Gasteiger partial charge is 0.377 e. The Morgan fingerprint density at radius 2 is 2.12 bits per heavy atom. The molecule has 1 aliphatic rings. The highest BCUT2D eigenvalue weighted by Crippen LogP contribution is 2.31. The van der Waals surface area contributed by atoms with E-state index in [-0.39, 0.29) is 6.61 Å². The number of aromatic nitrogens is 2. The molecular weight excluding hydrogens is 324 g/mol. The number of para-hydroxylation sites is 1. The number of fused-ring (bicyclic) bond motifs is 1. The van der Waals surface area contributed by atoms with Crippen LogP contribution in [0.15, 0.2) is 41.8 Å². The molecule has 0 radical (unpaired) electrons. The first-order valence-corrected chi connectivity index (χ1v) is 8.56. The number of nitrogens with two attached hydrogens (primary N) is 1. The van der Waals surface area contributed by atoms with Gasteiger partial charge in [-0.25, -0.2) is 9.97 Å². The third-order valence-electron chi connectivity index (χ3n) is 4.05. The fourth-order valence-electron chi connectivity index (χ4n) is 2.89. The fourth-order valence-corrected chi connectivity index (χ4v) is 3.55. The summed E-state index contributed by atoms with van der Waals surface area (Å²) in [6.45, 7) is 1.39. The second kappa shape index (κ2) is 6.18. The molecular formula is C17H16N4O2S. The Morgan fingerprint density at radius 3 is 2.92 bits per heavy atom. The van der Waals surface area contributed by atoms with Crippen molar-refractivity contribution in [3.8, 4) is 10.7 Å². The fraction of sp³-hybridized carbons (Fsp3) is 0.235. The van der Waals surface area contributed by atoms with E-state index >= 15 is 0 Å². The number of nitrogens with zero attached hydrogens (tertiary/aromatic N) is 3. The highest BCUT2D eigenvalue weighted by atomic mass is 32.1. The molecule has 3 aromatic rings. The maximum Gasteiger partial charge on any atom is 0.242 e. The average Bonchev–Trinajstić information content (AvgIpc) is 3.15. The summed E-state index contributed by atoms with van der Waals surface area (Å²) in [5.74, 6) is 0.986. The average molecular weight is 340 g/mol. The first-order chi connectivity index (χ1) is 11.7. The first-order valence-electron chi connectivity index (χ1n) is 7.68. The minimum atomic E-state index is -0.520. The molecule has 0 aliphatic carbocycles. The molecule has 24 heavy (non-hydrogen) atoms. The van der Waals surface area contributed by atoms with Crippen molar-refractivity contribution in [2.24, 2.45) is 5.73 Å². The van der Waals surface area contributed by atoms with Gasteiger partial charge in [0.1, 0.15) is 11.9 Å². The SMILES string of the molecule is NC(=O)[C@H]1COCCN1c1nc(-c2cccs2)nc2ccccc12. The Morgan fingerprint density at radius 1 is 1.25 bits per heavy atom. The van der Waals surface area contributed by atoms with Crippen LogP contribution < -0.4 is 10.6 Å². The highest BCUT2D eigenvalue weighted by molar-refractivity contribution is 7.13. The molecule has 6 nitrogen and oxygen atoms in total. The smallest absolute Gasteiger partial charge is 0.242 e. The molecule has 122 valence electrons. The Bertz CT molecular complexity index is 881. The van der Waals surface area contributed by atoms with Crippen LogP contribution in [0, 0.1) is 0 Å². The Hall–Kier alpha value is -2.51. The number of anilines is 1. The van der Waals surface area contributed by atoms with E-state index in [1.54, 1.807) is 11.3 Å². The number of amides is 1. The predicted molar refractivity (Wildman–Crippen MR) is 94.0 cm³/mol. The quantitative estimate of drug-likeness (QED) is 0.789. The van der Waals surface area contributed by atoms with Gasteiger partial charge in [-0.05, 0) is 23.6 Å². The van der Waals surface area contributed by atoms with E-state index in [1.165, 1.54) is 0 Å². The topological polar surface area (TPSA) is 81.3 Å². The minimum Gasteiger partial charge on any atom is -0.377 e. The normalized spacial score (nSPS) is 18.0. The van der Waals surface area contributed by atoms with E-state index in [4.69, 9.17) is 15.5 Å². The van der Waals surface area contributed by atoms with E-state index in [9.17, 15) is 4.79 Å². The van der Waals surface area contributed by atoms with Crippen molar-refractivity contribution in [2.75, 3.05) is 24.7 Å².